The van der Waals surface area contributed by atoms with Crippen molar-refractivity contribution in [2.45, 2.75) is 39.7 Å². The summed E-state index contributed by atoms with van der Waals surface area (Å²) in [7, 11) is 0. The summed E-state index contributed by atoms with van der Waals surface area (Å²) in [5.74, 6) is 2.76. The highest BCUT2D eigenvalue weighted by Gasteiger charge is 2.26. The first kappa shape index (κ1) is 18.1. The van der Waals surface area contributed by atoms with E-state index in [9.17, 15) is 4.79 Å². The lowest BCUT2D eigenvalue weighted by Gasteiger charge is -2.32. The van der Waals surface area contributed by atoms with Crippen LogP contribution in [0.5, 0.6) is 11.5 Å². The first-order valence-electron chi connectivity index (χ1n) is 9.51. The molecule has 25 heavy (non-hydrogen) atoms. The normalized spacial score (nSPS) is 18.4. The zero-order chi connectivity index (χ0) is 17.6. The number of hydrogen-bond acceptors (Lipinski definition) is 4. The topological polar surface area (TPSA) is 50.8 Å². The van der Waals surface area contributed by atoms with Crippen molar-refractivity contribution >= 4 is 5.91 Å². The molecule has 1 saturated heterocycles. The molecule has 0 spiro atoms. The molecule has 138 valence electrons. The summed E-state index contributed by atoms with van der Waals surface area (Å²) in [6.45, 7) is 9.15. The minimum atomic E-state index is 0.160. The largest absolute Gasteiger partial charge is 0.486 e. The molecule has 0 bridgehead atoms. The van der Waals surface area contributed by atoms with E-state index in [1.165, 1.54) is 5.56 Å². The van der Waals surface area contributed by atoms with E-state index in [1.54, 1.807) is 0 Å². The van der Waals surface area contributed by atoms with Gasteiger partial charge in [-0.1, -0.05) is 26.0 Å². The molecular weight excluding hydrogens is 316 g/mol. The Morgan fingerprint density at radius 3 is 2.76 bits per heavy atom. The van der Waals surface area contributed by atoms with E-state index in [0.29, 0.717) is 19.1 Å². The van der Waals surface area contributed by atoms with Crippen LogP contribution in [0, 0.1) is 11.8 Å². The number of benzene rings is 1. The van der Waals surface area contributed by atoms with Crippen molar-refractivity contribution in [3.8, 4) is 11.5 Å². The van der Waals surface area contributed by atoms with Crippen molar-refractivity contribution in [2.75, 3.05) is 32.8 Å². The molecule has 0 unspecified atom stereocenters. The van der Waals surface area contributed by atoms with Crippen LogP contribution in [0.4, 0.5) is 0 Å². The standard InChI is InChI=1S/C20H30N2O3/c1-15(2)6-9-21-20(23)16-7-10-22(11-8-16)14-17-4-3-5-18-19(17)25-13-12-24-18/h3-5,15-16H,6-14H2,1-2H3,(H,21,23). The monoisotopic (exact) mass is 346 g/mol. The molecule has 1 fully saturated rings. The second-order valence-electron chi connectivity index (χ2n) is 7.47. The molecule has 1 amide bonds. The quantitative estimate of drug-likeness (QED) is 0.860. The van der Waals surface area contributed by atoms with Gasteiger partial charge in [-0.15, -0.1) is 0 Å². The average molecular weight is 346 g/mol. The Labute approximate surface area is 150 Å². The van der Waals surface area contributed by atoms with Gasteiger partial charge in [-0.05, 0) is 44.3 Å². The summed E-state index contributed by atoms with van der Waals surface area (Å²) in [6, 6.07) is 6.10. The van der Waals surface area contributed by atoms with Crippen LogP contribution in [-0.2, 0) is 11.3 Å². The number of nitrogens with zero attached hydrogens (tertiary/aromatic N) is 1. The fraction of sp³-hybridized carbons (Fsp3) is 0.650. The lowest BCUT2D eigenvalue weighted by molar-refractivity contribution is -0.126. The average Bonchev–Trinajstić information content (AvgIpc) is 2.62. The number of piperidine rings is 1. The fourth-order valence-electron chi connectivity index (χ4n) is 3.48. The van der Waals surface area contributed by atoms with Crippen LogP contribution in [0.15, 0.2) is 18.2 Å². The highest BCUT2D eigenvalue weighted by molar-refractivity contribution is 5.78. The smallest absolute Gasteiger partial charge is 0.223 e. The maximum atomic E-state index is 12.3. The van der Waals surface area contributed by atoms with Crippen molar-refractivity contribution < 1.29 is 14.3 Å². The third-order valence-corrected chi connectivity index (χ3v) is 5.02. The lowest BCUT2D eigenvalue weighted by Crippen LogP contribution is -2.40. The number of likely N-dealkylation sites (tertiary alicyclic amines) is 1. The van der Waals surface area contributed by atoms with Crippen LogP contribution in [0.2, 0.25) is 0 Å². The number of carbonyl (C=O) groups is 1. The van der Waals surface area contributed by atoms with Gasteiger partial charge in [0.15, 0.2) is 11.5 Å². The molecule has 3 rings (SSSR count). The summed E-state index contributed by atoms with van der Waals surface area (Å²) in [6.07, 6.45) is 2.91. The number of nitrogens with one attached hydrogen (secondary N) is 1. The van der Waals surface area contributed by atoms with Crippen molar-refractivity contribution in [3.63, 3.8) is 0 Å². The van der Waals surface area contributed by atoms with Crippen LogP contribution < -0.4 is 14.8 Å². The van der Waals surface area contributed by atoms with Gasteiger partial charge in [0.1, 0.15) is 13.2 Å². The number of amides is 1. The van der Waals surface area contributed by atoms with Crippen LogP contribution >= 0.6 is 0 Å². The number of hydrogen-bond donors (Lipinski definition) is 1. The molecule has 0 radical (unpaired) electrons. The van der Waals surface area contributed by atoms with E-state index < -0.39 is 0 Å². The Balaban J connectivity index is 1.48. The van der Waals surface area contributed by atoms with E-state index in [1.807, 2.05) is 12.1 Å². The van der Waals surface area contributed by atoms with Gasteiger partial charge in [0, 0.05) is 24.6 Å². The van der Waals surface area contributed by atoms with Gasteiger partial charge in [0.2, 0.25) is 5.91 Å². The third kappa shape index (κ3) is 4.88. The number of ether oxygens (including phenoxy) is 2. The van der Waals surface area contributed by atoms with Gasteiger partial charge in [-0.2, -0.15) is 0 Å². The van der Waals surface area contributed by atoms with E-state index in [0.717, 1.165) is 56.9 Å². The van der Waals surface area contributed by atoms with Crippen molar-refractivity contribution in [1.29, 1.82) is 0 Å². The molecule has 0 atom stereocenters. The molecule has 5 heteroatoms. The first-order chi connectivity index (χ1) is 12.1. The van der Waals surface area contributed by atoms with Gasteiger partial charge in [-0.3, -0.25) is 9.69 Å². The SMILES string of the molecule is CC(C)CCNC(=O)C1CCN(Cc2cccc3c2OCCO3)CC1. The van der Waals surface area contributed by atoms with E-state index >= 15 is 0 Å². The van der Waals surface area contributed by atoms with Gasteiger partial charge >= 0.3 is 0 Å². The zero-order valence-electron chi connectivity index (χ0n) is 15.4. The highest BCUT2D eigenvalue weighted by atomic mass is 16.6. The number of rotatable bonds is 6. The molecule has 5 nitrogen and oxygen atoms in total. The predicted molar refractivity (Wildman–Crippen MR) is 97.9 cm³/mol. The lowest BCUT2D eigenvalue weighted by atomic mass is 9.95. The van der Waals surface area contributed by atoms with Gasteiger partial charge in [-0.25, -0.2) is 0 Å². The van der Waals surface area contributed by atoms with E-state index in [2.05, 4.69) is 30.1 Å². The Kier molecular flexibility index (Phi) is 6.19. The van der Waals surface area contributed by atoms with Crippen LogP contribution in [0.3, 0.4) is 0 Å². The van der Waals surface area contributed by atoms with Crippen LogP contribution in [-0.4, -0.2) is 43.7 Å². The zero-order valence-corrected chi connectivity index (χ0v) is 15.4. The molecular formula is C20H30N2O3. The first-order valence-corrected chi connectivity index (χ1v) is 9.51. The van der Waals surface area contributed by atoms with Crippen molar-refractivity contribution in [2.24, 2.45) is 11.8 Å². The van der Waals surface area contributed by atoms with E-state index in [4.69, 9.17) is 9.47 Å². The summed E-state index contributed by atoms with van der Waals surface area (Å²) in [5, 5.41) is 3.10. The summed E-state index contributed by atoms with van der Waals surface area (Å²) >= 11 is 0. The van der Waals surface area contributed by atoms with Gasteiger partial charge in [0.05, 0.1) is 0 Å². The van der Waals surface area contributed by atoms with Crippen molar-refractivity contribution in [1.82, 2.24) is 10.2 Å². The second-order valence-corrected chi connectivity index (χ2v) is 7.47. The molecule has 0 saturated carbocycles. The summed E-state index contributed by atoms with van der Waals surface area (Å²) < 4.78 is 11.5. The molecule has 2 aliphatic heterocycles. The third-order valence-electron chi connectivity index (χ3n) is 5.02. The fourth-order valence-corrected chi connectivity index (χ4v) is 3.48. The number of fused-ring (bicyclic) bond motifs is 1. The Hall–Kier alpha value is -1.75. The number of para-hydroxylation sites is 1. The highest BCUT2D eigenvalue weighted by Crippen LogP contribution is 2.34. The maximum Gasteiger partial charge on any atom is 0.223 e. The Morgan fingerprint density at radius 2 is 2.00 bits per heavy atom. The van der Waals surface area contributed by atoms with Crippen molar-refractivity contribution in [3.05, 3.63) is 23.8 Å². The Bertz CT molecular complexity index is 580. The molecule has 0 aromatic heterocycles. The molecule has 1 aromatic carbocycles. The molecule has 0 aliphatic carbocycles. The van der Waals surface area contributed by atoms with Gasteiger partial charge in [0.25, 0.3) is 0 Å². The molecule has 2 heterocycles. The van der Waals surface area contributed by atoms with Gasteiger partial charge < -0.3 is 14.8 Å². The minimum Gasteiger partial charge on any atom is -0.486 e. The minimum absolute atomic E-state index is 0.160. The molecule has 1 N–H and O–H groups in total. The summed E-state index contributed by atoms with van der Waals surface area (Å²) in [5.41, 5.74) is 1.18. The van der Waals surface area contributed by atoms with Crippen LogP contribution in [0.1, 0.15) is 38.7 Å². The maximum absolute atomic E-state index is 12.3. The second kappa shape index (κ2) is 8.56. The Morgan fingerprint density at radius 1 is 1.24 bits per heavy atom. The molecule has 1 aromatic rings. The summed E-state index contributed by atoms with van der Waals surface area (Å²) in [4.78, 5) is 14.7. The number of carbonyl (C=O) groups excluding carboxylic acids is 1. The van der Waals surface area contributed by atoms with E-state index in [-0.39, 0.29) is 11.8 Å². The predicted octanol–water partition coefficient (Wildman–Crippen LogP) is 2.83. The molecule has 2 aliphatic rings. The van der Waals surface area contributed by atoms with Crippen LogP contribution in [0.25, 0.3) is 0 Å².